The Morgan fingerprint density at radius 2 is 2.32 bits per heavy atom. The van der Waals surface area contributed by atoms with Crippen molar-refractivity contribution >= 4 is 29.2 Å². The highest BCUT2D eigenvalue weighted by Gasteiger charge is 2.24. The molecule has 0 radical (unpaired) electrons. The average Bonchev–Trinajstić information content (AvgIpc) is 3.20. The molecular weight excluding hydrogens is 320 g/mol. The Labute approximate surface area is 137 Å². The SMILES string of the molecule is Cc1nnsc1C(=O)NC[C@H](c1ccoc1)N1CCSCC1. The van der Waals surface area contributed by atoms with Crippen LogP contribution >= 0.6 is 23.3 Å². The van der Waals surface area contributed by atoms with Gasteiger partial charge in [-0.3, -0.25) is 9.69 Å². The molecule has 1 aliphatic heterocycles. The Morgan fingerprint density at radius 3 is 2.95 bits per heavy atom. The minimum absolute atomic E-state index is 0.104. The number of aryl methyl sites for hydroxylation is 1. The minimum Gasteiger partial charge on any atom is -0.472 e. The molecule has 0 bridgehead atoms. The molecule has 6 nitrogen and oxygen atoms in total. The van der Waals surface area contributed by atoms with E-state index in [2.05, 4.69) is 19.8 Å². The molecule has 3 heterocycles. The fourth-order valence-electron chi connectivity index (χ4n) is 2.52. The van der Waals surface area contributed by atoms with E-state index in [1.54, 1.807) is 19.5 Å². The quantitative estimate of drug-likeness (QED) is 0.899. The zero-order valence-corrected chi connectivity index (χ0v) is 14.0. The molecule has 1 fully saturated rings. The summed E-state index contributed by atoms with van der Waals surface area (Å²) in [6, 6.07) is 2.11. The van der Waals surface area contributed by atoms with Gasteiger partial charge in [-0.05, 0) is 24.5 Å². The predicted octanol–water partition coefficient (Wildman–Crippen LogP) is 1.96. The first-order chi connectivity index (χ1) is 10.8. The topological polar surface area (TPSA) is 71.3 Å². The van der Waals surface area contributed by atoms with E-state index < -0.39 is 0 Å². The fourth-order valence-corrected chi connectivity index (χ4v) is 4.03. The molecule has 0 saturated carbocycles. The lowest BCUT2D eigenvalue weighted by Crippen LogP contribution is -2.41. The van der Waals surface area contributed by atoms with Crippen molar-refractivity contribution in [3.05, 3.63) is 34.7 Å². The lowest BCUT2D eigenvalue weighted by molar-refractivity contribution is 0.0938. The van der Waals surface area contributed by atoms with E-state index in [9.17, 15) is 4.79 Å². The Bertz CT molecular complexity index is 608. The molecule has 8 heteroatoms. The molecule has 0 spiro atoms. The maximum atomic E-state index is 12.3. The minimum atomic E-state index is -0.104. The number of carbonyl (C=O) groups excluding carboxylic acids is 1. The molecule has 118 valence electrons. The van der Waals surface area contributed by atoms with E-state index >= 15 is 0 Å². The number of nitrogens with one attached hydrogen (secondary N) is 1. The molecular formula is C14H18N4O2S2. The predicted molar refractivity (Wildman–Crippen MR) is 87.3 cm³/mol. The second-order valence-electron chi connectivity index (χ2n) is 5.12. The molecule has 0 aromatic carbocycles. The van der Waals surface area contributed by atoms with E-state index in [4.69, 9.17) is 4.42 Å². The second kappa shape index (κ2) is 7.26. The van der Waals surface area contributed by atoms with Gasteiger partial charge in [0, 0.05) is 36.7 Å². The Morgan fingerprint density at radius 1 is 1.50 bits per heavy atom. The van der Waals surface area contributed by atoms with Gasteiger partial charge in [0.2, 0.25) is 0 Å². The molecule has 0 aliphatic carbocycles. The molecule has 1 N–H and O–H groups in total. The normalized spacial score (nSPS) is 17.3. The van der Waals surface area contributed by atoms with Crippen LogP contribution in [0, 0.1) is 6.92 Å². The summed E-state index contributed by atoms with van der Waals surface area (Å²) in [7, 11) is 0. The summed E-state index contributed by atoms with van der Waals surface area (Å²) >= 11 is 3.10. The van der Waals surface area contributed by atoms with E-state index in [1.165, 1.54) is 0 Å². The second-order valence-corrected chi connectivity index (χ2v) is 7.10. The van der Waals surface area contributed by atoms with Crippen LogP contribution in [0.2, 0.25) is 0 Å². The van der Waals surface area contributed by atoms with Gasteiger partial charge in [-0.15, -0.1) is 5.10 Å². The van der Waals surface area contributed by atoms with Gasteiger partial charge in [-0.1, -0.05) is 4.49 Å². The summed E-state index contributed by atoms with van der Waals surface area (Å²) in [5.74, 6) is 2.15. The fraction of sp³-hybridized carbons (Fsp3) is 0.500. The third kappa shape index (κ3) is 3.50. The van der Waals surface area contributed by atoms with Crippen LogP contribution in [0.1, 0.15) is 27.0 Å². The van der Waals surface area contributed by atoms with E-state index in [0.717, 1.165) is 41.7 Å². The van der Waals surface area contributed by atoms with Gasteiger partial charge in [-0.25, -0.2) is 0 Å². The highest BCUT2D eigenvalue weighted by molar-refractivity contribution is 7.99. The van der Waals surface area contributed by atoms with Crippen molar-refractivity contribution < 1.29 is 9.21 Å². The van der Waals surface area contributed by atoms with Crippen LogP contribution < -0.4 is 5.32 Å². The van der Waals surface area contributed by atoms with Crippen molar-refractivity contribution in [2.45, 2.75) is 13.0 Å². The molecule has 1 aliphatic rings. The maximum Gasteiger partial charge on any atom is 0.265 e. The van der Waals surface area contributed by atoms with E-state index in [0.29, 0.717) is 17.1 Å². The standard InChI is InChI=1S/C14H18N4O2S2/c1-10-13(22-17-16-10)14(19)15-8-12(11-2-5-20-9-11)18-3-6-21-7-4-18/h2,5,9,12H,3-4,6-8H2,1H3,(H,15,19)/t12-/m1/s1. The number of carbonyl (C=O) groups is 1. The summed E-state index contributed by atoms with van der Waals surface area (Å²) in [4.78, 5) is 15.2. The maximum absolute atomic E-state index is 12.3. The first kappa shape index (κ1) is 15.5. The van der Waals surface area contributed by atoms with Gasteiger partial charge in [0.25, 0.3) is 5.91 Å². The zero-order chi connectivity index (χ0) is 15.4. The van der Waals surface area contributed by atoms with Crippen LogP contribution in [0.5, 0.6) is 0 Å². The van der Waals surface area contributed by atoms with Gasteiger partial charge in [0.05, 0.1) is 24.3 Å². The number of nitrogens with zero attached hydrogens (tertiary/aromatic N) is 3. The Balaban J connectivity index is 1.68. The van der Waals surface area contributed by atoms with Gasteiger partial charge < -0.3 is 9.73 Å². The number of hydrogen-bond acceptors (Lipinski definition) is 7. The summed E-state index contributed by atoms with van der Waals surface area (Å²) in [5.41, 5.74) is 1.78. The third-order valence-corrected chi connectivity index (χ3v) is 5.50. The summed E-state index contributed by atoms with van der Waals surface area (Å²) in [6.45, 7) is 4.41. The number of thioether (sulfide) groups is 1. The van der Waals surface area contributed by atoms with E-state index in [-0.39, 0.29) is 11.9 Å². The van der Waals surface area contributed by atoms with Crippen LogP contribution in [0.25, 0.3) is 0 Å². The molecule has 2 aromatic rings. The van der Waals surface area contributed by atoms with Crippen molar-refractivity contribution in [2.75, 3.05) is 31.1 Å². The van der Waals surface area contributed by atoms with Gasteiger partial charge in [-0.2, -0.15) is 11.8 Å². The molecule has 1 atom stereocenters. The monoisotopic (exact) mass is 338 g/mol. The molecule has 1 saturated heterocycles. The molecule has 22 heavy (non-hydrogen) atoms. The van der Waals surface area contributed by atoms with Crippen LogP contribution in [-0.2, 0) is 0 Å². The lowest BCUT2D eigenvalue weighted by Gasteiger charge is -2.33. The Hall–Kier alpha value is -1.38. The molecule has 0 unspecified atom stereocenters. The average molecular weight is 338 g/mol. The Kier molecular flexibility index (Phi) is 5.12. The van der Waals surface area contributed by atoms with Gasteiger partial charge in [0.15, 0.2) is 0 Å². The lowest BCUT2D eigenvalue weighted by atomic mass is 10.1. The van der Waals surface area contributed by atoms with Gasteiger partial charge in [0.1, 0.15) is 4.88 Å². The van der Waals surface area contributed by atoms with Crippen molar-refractivity contribution in [1.82, 2.24) is 19.8 Å². The number of hydrogen-bond donors (Lipinski definition) is 1. The van der Waals surface area contributed by atoms with Crippen molar-refractivity contribution in [3.8, 4) is 0 Å². The number of aromatic nitrogens is 2. The van der Waals surface area contributed by atoms with Gasteiger partial charge >= 0.3 is 0 Å². The van der Waals surface area contributed by atoms with Crippen LogP contribution in [-0.4, -0.2) is 51.5 Å². The highest BCUT2D eigenvalue weighted by Crippen LogP contribution is 2.24. The summed E-state index contributed by atoms with van der Waals surface area (Å²) < 4.78 is 9.03. The molecule has 3 rings (SSSR count). The smallest absolute Gasteiger partial charge is 0.265 e. The van der Waals surface area contributed by atoms with Crippen molar-refractivity contribution in [3.63, 3.8) is 0 Å². The van der Waals surface area contributed by atoms with E-state index in [1.807, 2.05) is 17.8 Å². The van der Waals surface area contributed by atoms with Crippen LogP contribution in [0.4, 0.5) is 0 Å². The third-order valence-electron chi connectivity index (χ3n) is 3.73. The van der Waals surface area contributed by atoms with Crippen molar-refractivity contribution in [1.29, 1.82) is 0 Å². The number of rotatable bonds is 5. The summed E-state index contributed by atoms with van der Waals surface area (Å²) in [6.07, 6.45) is 3.44. The molecule has 2 aromatic heterocycles. The van der Waals surface area contributed by atoms with Crippen LogP contribution in [0.3, 0.4) is 0 Å². The largest absolute Gasteiger partial charge is 0.472 e. The number of furan rings is 1. The summed E-state index contributed by atoms with van der Waals surface area (Å²) in [5, 5.41) is 6.90. The van der Waals surface area contributed by atoms with Crippen molar-refractivity contribution in [2.24, 2.45) is 0 Å². The highest BCUT2D eigenvalue weighted by atomic mass is 32.2. The zero-order valence-electron chi connectivity index (χ0n) is 12.3. The first-order valence-electron chi connectivity index (χ1n) is 7.16. The first-order valence-corrected chi connectivity index (χ1v) is 9.09. The number of amides is 1. The van der Waals surface area contributed by atoms with Crippen LogP contribution in [0.15, 0.2) is 23.0 Å². The molecule has 1 amide bonds.